The number of rotatable bonds is 4. The first kappa shape index (κ1) is 17.6. The number of methoxy groups -OCH3 is 1. The number of esters is 1. The molecule has 134 valence electrons. The van der Waals surface area contributed by atoms with E-state index >= 15 is 0 Å². The van der Waals surface area contributed by atoms with Crippen molar-refractivity contribution in [1.29, 1.82) is 0 Å². The fraction of sp³-hybridized carbons (Fsp3) is 0.438. The van der Waals surface area contributed by atoms with Crippen molar-refractivity contribution in [2.45, 2.75) is 30.6 Å². The fourth-order valence-electron chi connectivity index (χ4n) is 2.89. The average molecular weight is 365 g/mol. The van der Waals surface area contributed by atoms with E-state index in [1.165, 1.54) is 35.7 Å². The summed E-state index contributed by atoms with van der Waals surface area (Å²) in [4.78, 5) is 15.9. The van der Waals surface area contributed by atoms with Gasteiger partial charge in [-0.3, -0.25) is 0 Å². The normalized spacial score (nSPS) is 18.9. The van der Waals surface area contributed by atoms with Gasteiger partial charge in [0.1, 0.15) is 0 Å². The summed E-state index contributed by atoms with van der Waals surface area (Å²) in [7, 11) is -2.47. The van der Waals surface area contributed by atoms with Crippen LogP contribution in [0, 0.1) is 6.92 Å². The Morgan fingerprint density at radius 1 is 1.40 bits per heavy atom. The number of carbonyl (C=O) groups is 1. The molecule has 25 heavy (non-hydrogen) atoms. The standard InChI is InChI=1S/C16H19N3O5S/c1-11-17-15(24-18-11)13-6-4-8-19(10-13)25(21,22)14-7-3-5-12(9-14)16(20)23-2/h3,5,7,9,13H,4,6,8,10H2,1-2H3. The summed E-state index contributed by atoms with van der Waals surface area (Å²) in [6.45, 7) is 2.41. The van der Waals surface area contributed by atoms with Crippen LogP contribution in [0.25, 0.3) is 0 Å². The van der Waals surface area contributed by atoms with Crippen molar-refractivity contribution < 1.29 is 22.5 Å². The van der Waals surface area contributed by atoms with Crippen molar-refractivity contribution in [3.05, 3.63) is 41.5 Å². The van der Waals surface area contributed by atoms with Gasteiger partial charge in [0.15, 0.2) is 5.82 Å². The molecule has 1 fully saturated rings. The van der Waals surface area contributed by atoms with Gasteiger partial charge in [0.25, 0.3) is 0 Å². The molecule has 2 heterocycles. The number of piperidine rings is 1. The molecule has 1 saturated heterocycles. The van der Waals surface area contributed by atoms with Crippen LogP contribution in [0.4, 0.5) is 0 Å². The number of benzene rings is 1. The lowest BCUT2D eigenvalue weighted by Crippen LogP contribution is -2.39. The Bertz CT molecular complexity index is 877. The third kappa shape index (κ3) is 3.57. The largest absolute Gasteiger partial charge is 0.465 e. The monoisotopic (exact) mass is 365 g/mol. The fourth-order valence-corrected chi connectivity index (χ4v) is 4.46. The van der Waals surface area contributed by atoms with E-state index in [-0.39, 0.29) is 22.9 Å². The molecule has 1 aliphatic heterocycles. The van der Waals surface area contributed by atoms with Crippen molar-refractivity contribution in [3.8, 4) is 0 Å². The van der Waals surface area contributed by atoms with E-state index < -0.39 is 16.0 Å². The van der Waals surface area contributed by atoms with E-state index in [2.05, 4.69) is 14.9 Å². The molecule has 1 aromatic carbocycles. The molecule has 0 radical (unpaired) electrons. The predicted octanol–water partition coefficient (Wildman–Crippen LogP) is 1.73. The molecule has 9 heteroatoms. The lowest BCUT2D eigenvalue weighted by Gasteiger charge is -2.30. The summed E-state index contributed by atoms with van der Waals surface area (Å²) >= 11 is 0. The maximum Gasteiger partial charge on any atom is 0.337 e. The number of nitrogens with zero attached hydrogens (tertiary/aromatic N) is 3. The molecule has 0 amide bonds. The van der Waals surface area contributed by atoms with Crippen molar-refractivity contribution >= 4 is 16.0 Å². The van der Waals surface area contributed by atoms with Crippen molar-refractivity contribution in [1.82, 2.24) is 14.4 Å². The third-order valence-electron chi connectivity index (χ3n) is 4.17. The Labute approximate surface area is 145 Å². The van der Waals surface area contributed by atoms with E-state index in [1.54, 1.807) is 6.92 Å². The molecule has 3 rings (SSSR count). The van der Waals surface area contributed by atoms with Crippen LogP contribution in [0.5, 0.6) is 0 Å². The van der Waals surface area contributed by atoms with E-state index in [9.17, 15) is 13.2 Å². The zero-order valence-electron chi connectivity index (χ0n) is 14.0. The maximum atomic E-state index is 12.9. The number of aromatic nitrogens is 2. The zero-order valence-corrected chi connectivity index (χ0v) is 14.8. The quantitative estimate of drug-likeness (QED) is 0.760. The number of carbonyl (C=O) groups excluding carboxylic acids is 1. The smallest absolute Gasteiger partial charge is 0.337 e. The highest BCUT2D eigenvalue weighted by Crippen LogP contribution is 2.29. The molecule has 2 aromatic rings. The minimum absolute atomic E-state index is 0.0674. The third-order valence-corrected chi connectivity index (χ3v) is 6.03. The molecular formula is C16H19N3O5S. The van der Waals surface area contributed by atoms with Crippen LogP contribution in [-0.4, -0.2) is 49.0 Å². The molecule has 0 N–H and O–H groups in total. The summed E-state index contributed by atoms with van der Waals surface area (Å²) in [5.74, 6) is 0.282. The molecule has 1 aromatic heterocycles. The van der Waals surface area contributed by atoms with Crippen molar-refractivity contribution in [3.63, 3.8) is 0 Å². The van der Waals surface area contributed by atoms with Crippen molar-refractivity contribution in [2.24, 2.45) is 0 Å². The second kappa shape index (κ2) is 6.93. The van der Waals surface area contributed by atoms with E-state index in [4.69, 9.17) is 4.52 Å². The van der Waals surface area contributed by atoms with Crippen LogP contribution >= 0.6 is 0 Å². The second-order valence-corrected chi connectivity index (χ2v) is 7.84. The van der Waals surface area contributed by atoms with Crippen LogP contribution < -0.4 is 0 Å². The number of sulfonamides is 1. The zero-order chi connectivity index (χ0) is 18.0. The summed E-state index contributed by atoms with van der Waals surface area (Å²) < 4.78 is 37.1. The minimum Gasteiger partial charge on any atom is -0.465 e. The van der Waals surface area contributed by atoms with Gasteiger partial charge in [-0.2, -0.15) is 9.29 Å². The first-order valence-electron chi connectivity index (χ1n) is 7.90. The van der Waals surface area contributed by atoms with Crippen LogP contribution in [0.2, 0.25) is 0 Å². The maximum absolute atomic E-state index is 12.9. The van der Waals surface area contributed by atoms with Gasteiger partial charge >= 0.3 is 5.97 Å². The molecule has 0 aliphatic carbocycles. The minimum atomic E-state index is -3.72. The number of ether oxygens (including phenoxy) is 1. The van der Waals surface area contributed by atoms with E-state index in [1.807, 2.05) is 0 Å². The Balaban J connectivity index is 1.85. The second-order valence-electron chi connectivity index (χ2n) is 5.90. The van der Waals surface area contributed by atoms with Gasteiger partial charge in [-0.15, -0.1) is 0 Å². The molecule has 0 saturated carbocycles. The van der Waals surface area contributed by atoms with Gasteiger partial charge in [-0.1, -0.05) is 11.2 Å². The highest BCUT2D eigenvalue weighted by Gasteiger charge is 2.33. The lowest BCUT2D eigenvalue weighted by atomic mass is 10.00. The van der Waals surface area contributed by atoms with Gasteiger partial charge in [-0.05, 0) is 38.0 Å². The van der Waals surface area contributed by atoms with Gasteiger partial charge in [-0.25, -0.2) is 13.2 Å². The predicted molar refractivity (Wildman–Crippen MR) is 87.6 cm³/mol. The highest BCUT2D eigenvalue weighted by atomic mass is 32.2. The number of aryl methyl sites for hydroxylation is 1. The Hall–Kier alpha value is -2.26. The number of hydrogen-bond donors (Lipinski definition) is 0. The van der Waals surface area contributed by atoms with Gasteiger partial charge < -0.3 is 9.26 Å². The summed E-state index contributed by atoms with van der Waals surface area (Å²) in [6, 6.07) is 5.86. The van der Waals surface area contributed by atoms with Crippen LogP contribution in [0.3, 0.4) is 0 Å². The summed E-state index contributed by atoms with van der Waals surface area (Å²) in [5.41, 5.74) is 0.199. The van der Waals surface area contributed by atoms with Gasteiger partial charge in [0.2, 0.25) is 15.9 Å². The Morgan fingerprint density at radius 2 is 2.20 bits per heavy atom. The summed E-state index contributed by atoms with van der Waals surface area (Å²) in [6.07, 6.45) is 1.48. The van der Waals surface area contributed by atoms with Crippen LogP contribution in [0.1, 0.15) is 40.8 Å². The molecular weight excluding hydrogens is 346 g/mol. The Morgan fingerprint density at radius 3 is 2.88 bits per heavy atom. The lowest BCUT2D eigenvalue weighted by molar-refractivity contribution is 0.0600. The molecule has 0 spiro atoms. The van der Waals surface area contributed by atoms with E-state index in [0.717, 1.165) is 6.42 Å². The summed E-state index contributed by atoms with van der Waals surface area (Å²) in [5, 5.41) is 3.77. The molecule has 8 nitrogen and oxygen atoms in total. The van der Waals surface area contributed by atoms with Gasteiger partial charge in [0, 0.05) is 13.1 Å². The first-order chi connectivity index (χ1) is 11.9. The molecule has 1 unspecified atom stereocenters. The molecule has 1 atom stereocenters. The van der Waals surface area contributed by atoms with Crippen LogP contribution in [0.15, 0.2) is 33.7 Å². The van der Waals surface area contributed by atoms with Crippen LogP contribution in [-0.2, 0) is 14.8 Å². The molecule has 1 aliphatic rings. The first-order valence-corrected chi connectivity index (χ1v) is 9.34. The molecule has 0 bridgehead atoms. The van der Waals surface area contributed by atoms with E-state index in [0.29, 0.717) is 24.7 Å². The Kier molecular flexibility index (Phi) is 4.87. The highest BCUT2D eigenvalue weighted by molar-refractivity contribution is 7.89. The van der Waals surface area contributed by atoms with Gasteiger partial charge in [0.05, 0.1) is 23.5 Å². The van der Waals surface area contributed by atoms with Crippen molar-refractivity contribution in [2.75, 3.05) is 20.2 Å². The topological polar surface area (TPSA) is 103 Å². The number of hydrogen-bond acceptors (Lipinski definition) is 7. The average Bonchev–Trinajstić information content (AvgIpc) is 3.07. The SMILES string of the molecule is COC(=O)c1cccc(S(=O)(=O)N2CCCC(c3nc(C)no3)C2)c1.